The predicted molar refractivity (Wildman–Crippen MR) is 76.1 cm³/mol. The lowest BCUT2D eigenvalue weighted by Crippen LogP contribution is -2.50. The highest BCUT2D eigenvalue weighted by atomic mass is 16.2. The second-order valence-corrected chi connectivity index (χ2v) is 5.47. The molecular weight excluding hydrogens is 239 g/mol. The summed E-state index contributed by atoms with van der Waals surface area (Å²) in [6, 6.07) is 8.35. The summed E-state index contributed by atoms with van der Waals surface area (Å²) in [6.45, 7) is 3.51. The third kappa shape index (κ3) is 2.28. The monoisotopic (exact) mass is 258 g/mol. The number of carbonyl (C=O) groups is 1. The van der Waals surface area contributed by atoms with Crippen LogP contribution in [0.25, 0.3) is 0 Å². The summed E-state index contributed by atoms with van der Waals surface area (Å²) in [5.41, 5.74) is 2.23. The first-order valence-corrected chi connectivity index (χ1v) is 6.99. The van der Waals surface area contributed by atoms with E-state index in [0.29, 0.717) is 6.42 Å². The standard InChI is InChI=1S/C14H19BN2O2/c1-15(19)16-8-6-12(7-9-16)17-13-5-3-2-4-11(13)10-14(17)18/h2-5,12,19H,6-10H2,1H3. The van der Waals surface area contributed by atoms with Crippen molar-refractivity contribution in [1.29, 1.82) is 0 Å². The van der Waals surface area contributed by atoms with Gasteiger partial charge in [-0.05, 0) is 44.4 Å². The van der Waals surface area contributed by atoms with Gasteiger partial charge in [-0.2, -0.15) is 0 Å². The van der Waals surface area contributed by atoms with Crippen molar-refractivity contribution in [2.24, 2.45) is 0 Å². The third-order valence-corrected chi connectivity index (χ3v) is 4.25. The largest absolute Gasteiger partial charge is 0.437 e. The summed E-state index contributed by atoms with van der Waals surface area (Å²) in [4.78, 5) is 16.2. The van der Waals surface area contributed by atoms with Gasteiger partial charge < -0.3 is 14.7 Å². The number of carbonyl (C=O) groups excluding carboxylic acids is 1. The van der Waals surface area contributed by atoms with Gasteiger partial charge in [0.05, 0.1) is 6.42 Å². The number of nitrogens with zero attached hydrogens (tertiary/aromatic N) is 2. The highest BCUT2D eigenvalue weighted by Crippen LogP contribution is 2.33. The lowest BCUT2D eigenvalue weighted by Gasteiger charge is -2.37. The molecule has 3 rings (SSSR count). The van der Waals surface area contributed by atoms with Gasteiger partial charge in [-0.1, -0.05) is 18.2 Å². The first kappa shape index (κ1) is 12.7. The van der Waals surface area contributed by atoms with E-state index in [2.05, 4.69) is 4.81 Å². The second kappa shape index (κ2) is 4.98. The zero-order valence-electron chi connectivity index (χ0n) is 11.2. The Balaban J connectivity index is 1.75. The average Bonchev–Trinajstić information content (AvgIpc) is 2.74. The molecule has 1 amide bonds. The Morgan fingerprint density at radius 3 is 2.63 bits per heavy atom. The summed E-state index contributed by atoms with van der Waals surface area (Å²) in [5.74, 6) is 0.219. The topological polar surface area (TPSA) is 43.8 Å². The molecule has 0 aromatic heterocycles. The number of piperidine rings is 1. The molecule has 2 aliphatic rings. The van der Waals surface area contributed by atoms with Gasteiger partial charge in [-0.25, -0.2) is 0 Å². The number of hydrogen-bond donors (Lipinski definition) is 1. The van der Waals surface area contributed by atoms with Crippen LogP contribution in [-0.4, -0.2) is 41.9 Å². The molecule has 0 unspecified atom stereocenters. The van der Waals surface area contributed by atoms with Crippen molar-refractivity contribution in [3.05, 3.63) is 29.8 Å². The number of rotatable bonds is 2. The Labute approximate surface area is 114 Å². The molecule has 1 aromatic rings. The van der Waals surface area contributed by atoms with Gasteiger partial charge >= 0.3 is 7.05 Å². The quantitative estimate of drug-likeness (QED) is 0.809. The second-order valence-electron chi connectivity index (χ2n) is 5.47. The van der Waals surface area contributed by atoms with Crippen LogP contribution in [0.5, 0.6) is 0 Å². The van der Waals surface area contributed by atoms with Crippen molar-refractivity contribution in [2.45, 2.75) is 32.1 Å². The van der Waals surface area contributed by atoms with Crippen LogP contribution in [0.4, 0.5) is 5.69 Å². The van der Waals surface area contributed by atoms with Gasteiger partial charge in [0.25, 0.3) is 0 Å². The molecule has 0 radical (unpaired) electrons. The first-order chi connectivity index (χ1) is 9.16. The zero-order chi connectivity index (χ0) is 13.4. The highest BCUT2D eigenvalue weighted by molar-refractivity contribution is 6.45. The molecule has 2 aliphatic heterocycles. The Hall–Kier alpha value is -1.33. The van der Waals surface area contributed by atoms with E-state index in [9.17, 15) is 9.82 Å². The fraction of sp³-hybridized carbons (Fsp3) is 0.500. The molecule has 2 heterocycles. The van der Waals surface area contributed by atoms with E-state index in [4.69, 9.17) is 0 Å². The zero-order valence-corrected chi connectivity index (χ0v) is 11.2. The maximum atomic E-state index is 12.2. The van der Waals surface area contributed by atoms with Crippen LogP contribution in [0.15, 0.2) is 24.3 Å². The molecule has 5 heteroatoms. The lowest BCUT2D eigenvalue weighted by atomic mass is 9.82. The number of benzene rings is 1. The number of anilines is 1. The van der Waals surface area contributed by atoms with E-state index in [1.165, 1.54) is 0 Å². The number of para-hydroxylation sites is 1. The summed E-state index contributed by atoms with van der Waals surface area (Å²) in [5, 5.41) is 9.58. The molecule has 0 atom stereocenters. The minimum atomic E-state index is -0.387. The van der Waals surface area contributed by atoms with Gasteiger partial charge in [0.2, 0.25) is 5.91 Å². The number of amides is 1. The molecule has 0 spiro atoms. The summed E-state index contributed by atoms with van der Waals surface area (Å²) in [7, 11) is -0.387. The smallest absolute Gasteiger partial charge is 0.376 e. The SMILES string of the molecule is CB(O)N1CCC(N2C(=O)Cc3ccccc32)CC1. The number of fused-ring (bicyclic) bond motifs is 1. The molecule has 1 N–H and O–H groups in total. The summed E-state index contributed by atoms with van der Waals surface area (Å²) < 4.78 is 0. The fourth-order valence-electron chi connectivity index (χ4n) is 3.20. The van der Waals surface area contributed by atoms with Crippen LogP contribution in [0.3, 0.4) is 0 Å². The van der Waals surface area contributed by atoms with Crippen LogP contribution < -0.4 is 4.90 Å². The molecule has 1 saturated heterocycles. The van der Waals surface area contributed by atoms with Crippen LogP contribution in [0.2, 0.25) is 6.82 Å². The fourth-order valence-corrected chi connectivity index (χ4v) is 3.20. The van der Waals surface area contributed by atoms with Gasteiger partial charge in [-0.15, -0.1) is 0 Å². The Kier molecular flexibility index (Phi) is 3.33. The minimum Gasteiger partial charge on any atom is -0.437 e. The van der Waals surface area contributed by atoms with E-state index in [1.54, 1.807) is 6.82 Å². The molecule has 1 fully saturated rings. The van der Waals surface area contributed by atoms with E-state index in [-0.39, 0.29) is 19.0 Å². The molecule has 0 saturated carbocycles. The van der Waals surface area contributed by atoms with E-state index in [0.717, 1.165) is 37.2 Å². The molecule has 0 aliphatic carbocycles. The van der Waals surface area contributed by atoms with Crippen LogP contribution in [0, 0.1) is 0 Å². The Morgan fingerprint density at radius 2 is 1.95 bits per heavy atom. The van der Waals surface area contributed by atoms with E-state index in [1.807, 2.05) is 29.2 Å². The normalized spacial score (nSPS) is 20.7. The molecule has 100 valence electrons. The highest BCUT2D eigenvalue weighted by Gasteiger charge is 2.35. The predicted octanol–water partition coefficient (Wildman–Crippen LogP) is 1.15. The van der Waals surface area contributed by atoms with Gasteiger partial charge in [0.15, 0.2) is 0 Å². The van der Waals surface area contributed by atoms with E-state index < -0.39 is 0 Å². The Morgan fingerprint density at radius 1 is 1.26 bits per heavy atom. The first-order valence-electron chi connectivity index (χ1n) is 6.99. The van der Waals surface area contributed by atoms with Gasteiger partial charge in [0.1, 0.15) is 0 Å². The van der Waals surface area contributed by atoms with Gasteiger partial charge in [0, 0.05) is 11.7 Å². The molecule has 0 bridgehead atoms. The number of hydrogen-bond acceptors (Lipinski definition) is 3. The van der Waals surface area contributed by atoms with Crippen molar-refractivity contribution in [3.63, 3.8) is 0 Å². The van der Waals surface area contributed by atoms with Crippen molar-refractivity contribution in [3.8, 4) is 0 Å². The van der Waals surface area contributed by atoms with E-state index >= 15 is 0 Å². The third-order valence-electron chi connectivity index (χ3n) is 4.25. The molecule has 1 aromatic carbocycles. The molecule has 4 nitrogen and oxygen atoms in total. The van der Waals surface area contributed by atoms with Crippen LogP contribution >= 0.6 is 0 Å². The van der Waals surface area contributed by atoms with Crippen molar-refractivity contribution in [1.82, 2.24) is 4.81 Å². The molecule has 19 heavy (non-hydrogen) atoms. The average molecular weight is 258 g/mol. The maximum Gasteiger partial charge on any atom is 0.376 e. The Bertz CT molecular complexity index is 484. The maximum absolute atomic E-state index is 12.2. The van der Waals surface area contributed by atoms with Crippen molar-refractivity contribution >= 4 is 18.6 Å². The van der Waals surface area contributed by atoms with Crippen LogP contribution in [0.1, 0.15) is 18.4 Å². The van der Waals surface area contributed by atoms with Gasteiger partial charge in [-0.3, -0.25) is 4.79 Å². The summed E-state index contributed by atoms with van der Waals surface area (Å²) in [6.07, 6.45) is 2.41. The minimum absolute atomic E-state index is 0.219. The van der Waals surface area contributed by atoms with Crippen molar-refractivity contribution in [2.75, 3.05) is 18.0 Å². The lowest BCUT2D eigenvalue weighted by molar-refractivity contribution is -0.118. The van der Waals surface area contributed by atoms with Crippen molar-refractivity contribution < 1.29 is 9.82 Å². The molecular formula is C14H19BN2O2. The van der Waals surface area contributed by atoms with Crippen LogP contribution in [-0.2, 0) is 11.2 Å². The summed E-state index contributed by atoms with van der Waals surface area (Å²) >= 11 is 0.